The van der Waals surface area contributed by atoms with Gasteiger partial charge in [0, 0.05) is 91.9 Å². The normalized spacial score (nSPS) is 16.7. The van der Waals surface area contributed by atoms with Crippen molar-refractivity contribution in [2.45, 2.75) is 76.0 Å². The molecule has 17 nitrogen and oxygen atoms in total. The highest BCUT2D eigenvalue weighted by atomic mass is 16.5. The number of hydrogen-bond donors (Lipinski definition) is 6. The van der Waals surface area contributed by atoms with Crippen LogP contribution < -0.4 is 31.3 Å². The molecule has 0 aliphatic carbocycles. The van der Waals surface area contributed by atoms with E-state index in [4.69, 9.17) is 19.2 Å². The first-order valence-electron chi connectivity index (χ1n) is 22.9. The summed E-state index contributed by atoms with van der Waals surface area (Å²) in [6.45, 7) is 5.88. The van der Waals surface area contributed by atoms with Gasteiger partial charge in [-0.25, -0.2) is 4.98 Å². The molecule has 5 aromatic rings. The van der Waals surface area contributed by atoms with Crippen LogP contribution >= 0.6 is 0 Å². The van der Waals surface area contributed by atoms with Gasteiger partial charge in [-0.3, -0.25) is 34.6 Å². The van der Waals surface area contributed by atoms with Crippen molar-refractivity contribution in [1.29, 1.82) is 0 Å². The van der Waals surface area contributed by atoms with Crippen molar-refractivity contribution in [2.24, 2.45) is 0 Å². The Kier molecular flexibility index (Phi) is 15.6. The average Bonchev–Trinajstić information content (AvgIpc) is 3.98. The maximum absolute atomic E-state index is 13.3. The molecule has 4 amide bonds. The first-order valence-corrected chi connectivity index (χ1v) is 22.9. The van der Waals surface area contributed by atoms with E-state index in [0.717, 1.165) is 91.3 Å². The number of nitrogens with one attached hydrogen (secondary N) is 6. The number of aromatic nitrogens is 4. The first-order chi connectivity index (χ1) is 32.3. The average molecular weight is 899 g/mol. The second-order valence-electron chi connectivity index (χ2n) is 16.8. The lowest BCUT2D eigenvalue weighted by Crippen LogP contribution is -2.52. The van der Waals surface area contributed by atoms with Crippen molar-refractivity contribution < 1.29 is 33.4 Å². The number of piperidine rings is 2. The largest absolute Gasteiger partial charge is 0.494 e. The Labute approximate surface area is 384 Å². The van der Waals surface area contributed by atoms with E-state index in [1.165, 1.54) is 0 Å². The van der Waals surface area contributed by atoms with E-state index < -0.39 is 17.5 Å². The van der Waals surface area contributed by atoms with E-state index in [1.807, 2.05) is 72.8 Å². The number of fused-ring (bicyclic) bond motifs is 1. The number of ether oxygens (including phenoxy) is 3. The third-order valence-electron chi connectivity index (χ3n) is 12.1. The van der Waals surface area contributed by atoms with E-state index in [9.17, 15) is 19.2 Å². The van der Waals surface area contributed by atoms with Crippen molar-refractivity contribution in [3.05, 3.63) is 119 Å². The number of nitrogens with zero attached hydrogens (tertiary/aromatic N) is 4. The molecule has 17 heteroatoms. The molecular weight excluding hydrogens is 841 g/mol. The summed E-state index contributed by atoms with van der Waals surface area (Å²) in [5.41, 5.74) is 5.04. The minimum atomic E-state index is -0.638. The van der Waals surface area contributed by atoms with Crippen LogP contribution in [-0.2, 0) is 37.7 Å². The fourth-order valence-electron chi connectivity index (χ4n) is 8.57. The number of rotatable bonds is 23. The molecule has 2 fully saturated rings. The molecule has 66 heavy (non-hydrogen) atoms. The van der Waals surface area contributed by atoms with Crippen LogP contribution in [0.25, 0.3) is 11.4 Å². The molecule has 0 spiro atoms. The zero-order chi connectivity index (χ0) is 45.6. The lowest BCUT2D eigenvalue weighted by molar-refractivity contribution is -0.136. The van der Waals surface area contributed by atoms with Gasteiger partial charge in [0.2, 0.25) is 11.8 Å². The van der Waals surface area contributed by atoms with E-state index in [0.29, 0.717) is 76.0 Å². The van der Waals surface area contributed by atoms with Crippen molar-refractivity contribution in [2.75, 3.05) is 63.3 Å². The Morgan fingerprint density at radius 1 is 0.848 bits per heavy atom. The van der Waals surface area contributed by atoms with Gasteiger partial charge in [0.1, 0.15) is 11.8 Å². The number of carbonyl (C=O) groups excluding carboxylic acids is 4. The van der Waals surface area contributed by atoms with Crippen LogP contribution in [-0.4, -0.2) is 107 Å². The van der Waals surface area contributed by atoms with Crippen LogP contribution in [0.15, 0.2) is 91.3 Å². The number of hydrogen-bond acceptors (Lipinski definition) is 13. The molecule has 6 N–H and O–H groups in total. The van der Waals surface area contributed by atoms with Crippen molar-refractivity contribution >= 4 is 35.0 Å². The van der Waals surface area contributed by atoms with Crippen LogP contribution in [0.4, 0.5) is 11.4 Å². The summed E-state index contributed by atoms with van der Waals surface area (Å²) in [7, 11) is 0. The van der Waals surface area contributed by atoms with E-state index in [-0.39, 0.29) is 24.1 Å². The van der Waals surface area contributed by atoms with Gasteiger partial charge < -0.3 is 40.4 Å². The minimum absolute atomic E-state index is 0.165. The smallest absolute Gasteiger partial charge is 0.255 e. The van der Waals surface area contributed by atoms with Gasteiger partial charge in [0.15, 0.2) is 11.6 Å². The predicted molar refractivity (Wildman–Crippen MR) is 248 cm³/mol. The molecule has 8 rings (SSSR count). The van der Waals surface area contributed by atoms with Gasteiger partial charge in [0.25, 0.3) is 11.8 Å². The standard InChI is InChI=1S/C49H58N10O7/c60-43-15-14-42(46(62)54-43)59-33-40-39(47(59)63)12-6-13-41(40)52-24-29-65-27-7-26-64-25-2-1-3-28-66-38-11-4-8-34(30-38)32-53-45(61)36-9-5-10-37(31-36)56-49(18-22-51-23-19-49)48-55-44(57-58-48)35-16-20-50-21-17-35/h4-6,8-13,16-17,20-21,30-31,42,51-52,56H,1-3,7,14-15,18-19,22-29,32-33H2,(H,53,61)(H,54,60,62)(H,55,57,58). The molecule has 3 aromatic carbocycles. The summed E-state index contributed by atoms with van der Waals surface area (Å²) >= 11 is 0. The van der Waals surface area contributed by atoms with E-state index in [1.54, 1.807) is 23.4 Å². The summed E-state index contributed by atoms with van der Waals surface area (Å²) < 4.78 is 17.6. The molecular formula is C49H58N10O7. The van der Waals surface area contributed by atoms with Crippen molar-refractivity contribution in [1.82, 2.24) is 41.0 Å². The topological polar surface area (TPSA) is 214 Å². The summed E-state index contributed by atoms with van der Waals surface area (Å²) in [6, 6.07) is 24.0. The molecule has 2 saturated heterocycles. The number of pyridine rings is 1. The SMILES string of the molecule is O=C1CCC(N2Cc3c(NCCOCCCOCCCCCOc4cccc(CNC(=O)c5cccc(NC6(c7nc(-c8ccncc8)n[nH]7)CCNCC6)c5)c4)cccc3C2=O)C(=O)N1. The molecule has 346 valence electrons. The van der Waals surface area contributed by atoms with E-state index >= 15 is 0 Å². The third-order valence-corrected chi connectivity index (χ3v) is 12.1. The minimum Gasteiger partial charge on any atom is -0.494 e. The fourth-order valence-corrected chi connectivity index (χ4v) is 8.57. The van der Waals surface area contributed by atoms with Gasteiger partial charge in [-0.1, -0.05) is 24.3 Å². The van der Waals surface area contributed by atoms with Crippen molar-refractivity contribution in [3.8, 4) is 17.1 Å². The maximum Gasteiger partial charge on any atom is 0.255 e. The van der Waals surface area contributed by atoms with Crippen LogP contribution in [0, 0.1) is 0 Å². The number of imide groups is 1. The molecule has 0 radical (unpaired) electrons. The first kappa shape index (κ1) is 45.9. The van der Waals surface area contributed by atoms with Gasteiger partial charge in [-0.05, 0) is 118 Å². The molecule has 0 saturated carbocycles. The second kappa shape index (κ2) is 22.5. The molecule has 3 aliphatic rings. The Morgan fingerprint density at radius 2 is 1.64 bits per heavy atom. The number of anilines is 2. The van der Waals surface area contributed by atoms with Crippen LogP contribution in [0.3, 0.4) is 0 Å². The summed E-state index contributed by atoms with van der Waals surface area (Å²) in [6.07, 6.45) is 9.22. The van der Waals surface area contributed by atoms with Gasteiger partial charge >= 0.3 is 0 Å². The summed E-state index contributed by atoms with van der Waals surface area (Å²) in [5.74, 6) is 1.08. The van der Waals surface area contributed by atoms with Gasteiger partial charge in [-0.15, -0.1) is 0 Å². The maximum atomic E-state index is 13.3. The Bertz CT molecular complexity index is 2440. The fraction of sp³-hybridized carbons (Fsp3) is 0.408. The molecule has 2 aromatic heterocycles. The summed E-state index contributed by atoms with van der Waals surface area (Å²) in [5, 5.41) is 23.6. The van der Waals surface area contributed by atoms with Crippen LogP contribution in [0.2, 0.25) is 0 Å². The zero-order valence-corrected chi connectivity index (χ0v) is 37.1. The highest BCUT2D eigenvalue weighted by Crippen LogP contribution is 2.35. The van der Waals surface area contributed by atoms with E-state index in [2.05, 4.69) is 41.8 Å². The molecule has 0 bridgehead atoms. The number of aromatic amines is 1. The number of unbranched alkanes of at least 4 members (excludes halogenated alkanes) is 2. The molecule has 1 unspecified atom stereocenters. The highest BCUT2D eigenvalue weighted by molar-refractivity contribution is 6.06. The second-order valence-corrected chi connectivity index (χ2v) is 16.8. The lowest BCUT2D eigenvalue weighted by Gasteiger charge is -2.37. The Balaban J connectivity index is 0.675. The Morgan fingerprint density at radius 3 is 2.48 bits per heavy atom. The Hall–Kier alpha value is -6.69. The third kappa shape index (κ3) is 11.8. The molecule has 1 atom stereocenters. The van der Waals surface area contributed by atoms with Gasteiger partial charge in [-0.2, -0.15) is 5.10 Å². The number of benzene rings is 3. The number of amides is 4. The van der Waals surface area contributed by atoms with Crippen LogP contribution in [0.5, 0.6) is 5.75 Å². The monoisotopic (exact) mass is 898 g/mol. The predicted octanol–water partition coefficient (Wildman–Crippen LogP) is 5.33. The van der Waals surface area contributed by atoms with Crippen LogP contribution in [0.1, 0.15) is 89.0 Å². The molecule has 5 heterocycles. The summed E-state index contributed by atoms with van der Waals surface area (Å²) in [4.78, 5) is 60.9. The zero-order valence-electron chi connectivity index (χ0n) is 37.1. The highest BCUT2D eigenvalue weighted by Gasteiger charge is 2.40. The quantitative estimate of drug-likeness (QED) is 0.0362. The van der Waals surface area contributed by atoms with Gasteiger partial charge in [0.05, 0.1) is 18.8 Å². The lowest BCUT2D eigenvalue weighted by atomic mass is 9.87. The number of carbonyl (C=O) groups is 4. The van der Waals surface area contributed by atoms with Crippen molar-refractivity contribution in [3.63, 3.8) is 0 Å². The number of H-pyrrole nitrogens is 1. The molecule has 3 aliphatic heterocycles.